The summed E-state index contributed by atoms with van der Waals surface area (Å²) in [6, 6.07) is 35.1. The van der Waals surface area contributed by atoms with E-state index < -0.39 is 5.97 Å². The molecular weight excluding hydrogens is 814 g/mol. The van der Waals surface area contributed by atoms with Crippen molar-refractivity contribution in [2.75, 3.05) is 33.2 Å². The number of carbonyl (C=O) groups excluding carboxylic acids is 3. The average Bonchev–Trinajstić information content (AvgIpc) is 4.07. The summed E-state index contributed by atoms with van der Waals surface area (Å²) in [5.41, 5.74) is 23.7. The Balaban J connectivity index is 0.000000154. The molecule has 0 saturated heterocycles. The number of thiophene rings is 1. The maximum atomic E-state index is 12.1. The van der Waals surface area contributed by atoms with Crippen molar-refractivity contribution in [3.05, 3.63) is 165 Å². The van der Waals surface area contributed by atoms with Gasteiger partial charge in [-0.3, -0.25) is 14.4 Å². The standard InChI is InChI=1S/C15H13N3O.C11H10N2OS.C10H10N4OS.C5H3ClO3/c16-11-5-7-12(8-6-11)17-15(19)14-9-10-3-1-2-4-13(10)18-14;12-9-1-3-10(4-2-9)13-11(14)8-5-6-15-7-8;1-6-9(16-14-13-6)10(15)12-8-4-2-7(11)3-5-8;6-4-2-1-3(9-4)5(7)8/h1-9,18H,16H2,(H,17,19);1-7H,12H2,(H,13,14);2-5H,11H2,1H3,(H,12,15);1-2H,(H,7,8). The zero-order chi connectivity index (χ0) is 42.3. The normalized spacial score (nSPS) is 10.1. The Hall–Kier alpha value is -7.47. The van der Waals surface area contributed by atoms with Crippen LogP contribution in [0.5, 0.6) is 0 Å². The van der Waals surface area contributed by atoms with Gasteiger partial charge >= 0.3 is 5.97 Å². The van der Waals surface area contributed by atoms with Crippen molar-refractivity contribution in [1.29, 1.82) is 0 Å². The number of aromatic amines is 1. The van der Waals surface area contributed by atoms with Crippen molar-refractivity contribution < 1.29 is 28.7 Å². The van der Waals surface area contributed by atoms with Crippen LogP contribution in [-0.2, 0) is 0 Å². The zero-order valence-corrected chi connectivity index (χ0v) is 33.4. The Morgan fingerprint density at radius 1 is 0.712 bits per heavy atom. The first-order valence-electron chi connectivity index (χ1n) is 17.2. The highest BCUT2D eigenvalue weighted by Crippen LogP contribution is 2.18. The predicted molar refractivity (Wildman–Crippen MR) is 234 cm³/mol. The minimum absolute atomic E-state index is 0.0902. The van der Waals surface area contributed by atoms with Crippen LogP contribution in [0.2, 0.25) is 5.22 Å². The number of aryl methyl sites for hydroxylation is 1. The highest BCUT2D eigenvalue weighted by atomic mass is 35.5. The Kier molecular flexibility index (Phi) is 14.9. The number of benzene rings is 4. The van der Waals surface area contributed by atoms with E-state index in [1.807, 2.05) is 41.1 Å². The third kappa shape index (κ3) is 13.0. The van der Waals surface area contributed by atoms with Crippen LogP contribution in [0.1, 0.15) is 46.8 Å². The van der Waals surface area contributed by atoms with Crippen molar-refractivity contribution in [1.82, 2.24) is 14.6 Å². The first-order valence-corrected chi connectivity index (χ1v) is 19.3. The molecule has 15 nitrogen and oxygen atoms in total. The molecule has 0 atom stereocenters. The topological polar surface area (TPSA) is 257 Å². The molecule has 8 rings (SSSR count). The van der Waals surface area contributed by atoms with Gasteiger partial charge in [0.25, 0.3) is 17.7 Å². The van der Waals surface area contributed by atoms with E-state index in [0.717, 1.165) is 33.8 Å². The molecule has 0 bridgehead atoms. The van der Waals surface area contributed by atoms with Crippen molar-refractivity contribution in [3.63, 3.8) is 0 Å². The maximum absolute atomic E-state index is 12.1. The molecule has 300 valence electrons. The van der Waals surface area contributed by atoms with Crippen LogP contribution in [0.3, 0.4) is 0 Å². The van der Waals surface area contributed by atoms with Gasteiger partial charge in [-0.05, 0) is 139 Å². The molecule has 0 aliphatic heterocycles. The van der Waals surface area contributed by atoms with Crippen LogP contribution < -0.4 is 33.2 Å². The van der Waals surface area contributed by atoms with Crippen molar-refractivity contribution in [3.8, 4) is 0 Å². The molecule has 0 saturated carbocycles. The number of H-pyrrole nitrogens is 1. The molecule has 59 heavy (non-hydrogen) atoms. The number of carboxylic acid groups (broad SMARTS) is 1. The summed E-state index contributed by atoms with van der Waals surface area (Å²) >= 11 is 7.86. The summed E-state index contributed by atoms with van der Waals surface area (Å²) in [7, 11) is 0. The van der Waals surface area contributed by atoms with Gasteiger partial charge < -0.3 is 47.7 Å². The van der Waals surface area contributed by atoms with E-state index in [-0.39, 0.29) is 28.7 Å². The Bertz CT molecular complexity index is 2590. The van der Waals surface area contributed by atoms with Gasteiger partial charge in [-0.2, -0.15) is 11.3 Å². The van der Waals surface area contributed by atoms with Gasteiger partial charge in [0.05, 0.1) is 11.3 Å². The smallest absolute Gasteiger partial charge is 0.371 e. The second-order valence-electron chi connectivity index (χ2n) is 12.1. The summed E-state index contributed by atoms with van der Waals surface area (Å²) in [6.45, 7) is 1.75. The fourth-order valence-electron chi connectivity index (χ4n) is 4.75. The molecule has 0 unspecified atom stereocenters. The minimum Gasteiger partial charge on any atom is -0.475 e. The first-order chi connectivity index (χ1) is 28.3. The number of nitrogen functional groups attached to an aromatic ring is 3. The van der Waals surface area contributed by atoms with Crippen LogP contribution in [0.4, 0.5) is 34.1 Å². The van der Waals surface area contributed by atoms with Crippen LogP contribution >= 0.6 is 34.5 Å². The molecule has 11 N–H and O–H groups in total. The molecule has 4 aromatic carbocycles. The van der Waals surface area contributed by atoms with Crippen LogP contribution in [0.25, 0.3) is 10.9 Å². The minimum atomic E-state index is -1.11. The van der Waals surface area contributed by atoms with E-state index in [2.05, 4.69) is 34.9 Å². The lowest BCUT2D eigenvalue weighted by molar-refractivity contribution is 0.0662. The second-order valence-corrected chi connectivity index (χ2v) is 14.0. The van der Waals surface area contributed by atoms with Crippen LogP contribution in [0, 0.1) is 6.92 Å². The maximum Gasteiger partial charge on any atom is 0.371 e. The fourth-order valence-corrected chi connectivity index (χ4v) is 6.08. The number of hydrogen-bond donors (Lipinski definition) is 8. The molecule has 0 fully saturated rings. The molecule has 0 radical (unpaired) electrons. The number of nitrogens with one attached hydrogen (secondary N) is 4. The average molecular weight is 850 g/mol. The van der Waals surface area contributed by atoms with E-state index in [1.165, 1.54) is 23.5 Å². The number of rotatable bonds is 7. The summed E-state index contributed by atoms with van der Waals surface area (Å²) in [5.74, 6) is -1.71. The summed E-state index contributed by atoms with van der Waals surface area (Å²) in [5, 5.41) is 25.2. The van der Waals surface area contributed by atoms with Crippen molar-refractivity contribution in [2.45, 2.75) is 6.92 Å². The lowest BCUT2D eigenvalue weighted by Gasteiger charge is -2.03. The van der Waals surface area contributed by atoms with E-state index in [9.17, 15) is 19.2 Å². The van der Waals surface area contributed by atoms with Crippen molar-refractivity contribution in [2.24, 2.45) is 0 Å². The lowest BCUT2D eigenvalue weighted by atomic mass is 10.2. The van der Waals surface area contributed by atoms with E-state index in [1.54, 1.807) is 85.8 Å². The number of nitrogens with two attached hydrogens (primary N) is 3. The van der Waals surface area contributed by atoms with Gasteiger partial charge in [0.1, 0.15) is 10.6 Å². The van der Waals surface area contributed by atoms with Gasteiger partial charge in [-0.15, -0.1) is 5.10 Å². The Labute approximate surface area is 350 Å². The van der Waals surface area contributed by atoms with Crippen molar-refractivity contribution >= 4 is 103 Å². The summed E-state index contributed by atoms with van der Waals surface area (Å²) in [6.07, 6.45) is 0. The highest BCUT2D eigenvalue weighted by molar-refractivity contribution is 7.08. The number of furan rings is 1. The largest absolute Gasteiger partial charge is 0.475 e. The summed E-state index contributed by atoms with van der Waals surface area (Å²) < 4.78 is 8.22. The number of aromatic carboxylic acids is 1. The molecule has 3 amide bonds. The Morgan fingerprint density at radius 3 is 1.69 bits per heavy atom. The number of carbonyl (C=O) groups is 4. The monoisotopic (exact) mass is 849 g/mol. The third-order valence-electron chi connectivity index (χ3n) is 7.71. The van der Waals surface area contributed by atoms with E-state index in [0.29, 0.717) is 44.6 Å². The third-order valence-corrected chi connectivity index (χ3v) is 9.42. The van der Waals surface area contributed by atoms with Gasteiger partial charge in [-0.1, -0.05) is 22.7 Å². The zero-order valence-electron chi connectivity index (χ0n) is 31.0. The van der Waals surface area contributed by atoms with Gasteiger partial charge in [0.2, 0.25) is 5.76 Å². The van der Waals surface area contributed by atoms with Crippen LogP contribution in [-0.4, -0.2) is 43.4 Å². The number of amides is 3. The number of fused-ring (bicyclic) bond motifs is 1. The van der Waals surface area contributed by atoms with Gasteiger partial charge in [-0.25, -0.2) is 4.79 Å². The SMILES string of the molecule is Cc1nnsc1C(=O)Nc1ccc(N)cc1.Nc1ccc(NC(=O)c2cc3ccccc3[nH]2)cc1.Nc1ccc(NC(=O)c2ccsc2)cc1.O=C(O)c1ccc(Cl)o1. The number of aromatic nitrogens is 3. The molecule has 4 heterocycles. The van der Waals surface area contributed by atoms with Gasteiger partial charge in [0.15, 0.2) is 5.22 Å². The Morgan fingerprint density at radius 2 is 1.25 bits per heavy atom. The lowest BCUT2D eigenvalue weighted by Crippen LogP contribution is -2.12. The van der Waals surface area contributed by atoms with E-state index >= 15 is 0 Å². The highest BCUT2D eigenvalue weighted by Gasteiger charge is 2.13. The molecule has 0 aliphatic rings. The molecule has 18 heteroatoms. The van der Waals surface area contributed by atoms with Gasteiger partial charge in [0, 0.05) is 50.4 Å². The second kappa shape index (κ2) is 20.6. The molecular formula is C41H36ClN9O6S2. The number of carboxylic acids is 1. The van der Waals surface area contributed by atoms with E-state index in [4.69, 9.17) is 33.9 Å². The molecule has 0 aliphatic carbocycles. The number of halogens is 1. The number of hydrogen-bond acceptors (Lipinski definition) is 12. The first kappa shape index (κ1) is 42.7. The number of nitrogens with zero attached hydrogens (tertiary/aromatic N) is 2. The quantitative estimate of drug-likeness (QED) is 0.0702. The molecule has 4 aromatic heterocycles. The molecule has 8 aromatic rings. The van der Waals surface area contributed by atoms with Crippen LogP contribution in [0.15, 0.2) is 137 Å². The number of anilines is 6. The predicted octanol–water partition coefficient (Wildman–Crippen LogP) is 8.90. The summed E-state index contributed by atoms with van der Waals surface area (Å²) in [4.78, 5) is 49.2. The number of para-hydroxylation sites is 1. The molecule has 0 spiro atoms. The fraction of sp³-hybridized carbons (Fsp3) is 0.0244.